The van der Waals surface area contributed by atoms with Crippen molar-refractivity contribution in [1.29, 1.82) is 0 Å². The SMILES string of the molecule is CCOC(CC)(c1c(OB(Oc2cc(F)c(F)c(F)c2)Oc2cc(F)c(F)c(F)c2)cc(F)c(F)c1F)[N+](CC)(CC)CC. The van der Waals surface area contributed by atoms with E-state index >= 15 is 4.39 Å². The van der Waals surface area contributed by atoms with Crippen molar-refractivity contribution >= 4 is 7.32 Å². The van der Waals surface area contributed by atoms with Gasteiger partial charge in [0.05, 0.1) is 26.2 Å². The van der Waals surface area contributed by atoms with Crippen LogP contribution in [0, 0.1) is 52.4 Å². The summed E-state index contributed by atoms with van der Waals surface area (Å²) in [5.41, 5.74) is -2.34. The van der Waals surface area contributed by atoms with Gasteiger partial charge in [0.1, 0.15) is 22.8 Å². The molecule has 3 aromatic carbocycles. The summed E-state index contributed by atoms with van der Waals surface area (Å²) in [6.45, 7) is 9.48. The van der Waals surface area contributed by atoms with Gasteiger partial charge in [-0.3, -0.25) is 4.48 Å². The minimum atomic E-state index is -2.39. The van der Waals surface area contributed by atoms with Crippen LogP contribution < -0.4 is 14.0 Å². The molecule has 1 atom stereocenters. The molecule has 5 nitrogen and oxygen atoms in total. The van der Waals surface area contributed by atoms with E-state index in [9.17, 15) is 35.1 Å². The van der Waals surface area contributed by atoms with Crippen molar-refractivity contribution in [3.8, 4) is 17.2 Å². The third-order valence-electron chi connectivity index (χ3n) is 7.56. The molecule has 3 aromatic rings. The van der Waals surface area contributed by atoms with E-state index in [2.05, 4.69) is 0 Å². The van der Waals surface area contributed by atoms with Gasteiger partial charge in [0.15, 0.2) is 52.4 Å². The zero-order valence-electron chi connectivity index (χ0n) is 24.5. The fourth-order valence-electron chi connectivity index (χ4n) is 5.37. The first kappa shape index (κ1) is 34.9. The summed E-state index contributed by atoms with van der Waals surface area (Å²) in [6, 6.07) is 1.89. The van der Waals surface area contributed by atoms with Crippen LogP contribution in [0.2, 0.25) is 0 Å². The molecule has 0 N–H and O–H groups in total. The van der Waals surface area contributed by atoms with E-state index in [4.69, 9.17) is 18.7 Å². The van der Waals surface area contributed by atoms with Crippen LogP contribution in [0.1, 0.15) is 46.6 Å². The number of benzene rings is 3. The minimum absolute atomic E-state index is 0.0101. The Hall–Kier alpha value is -3.59. The number of rotatable bonds is 14. The van der Waals surface area contributed by atoms with Crippen molar-refractivity contribution in [3.63, 3.8) is 0 Å². The van der Waals surface area contributed by atoms with E-state index in [0.717, 1.165) is 0 Å². The van der Waals surface area contributed by atoms with E-state index in [-0.39, 0.29) is 17.5 Å². The highest BCUT2D eigenvalue weighted by molar-refractivity contribution is 6.39. The van der Waals surface area contributed by atoms with Crippen LogP contribution in [-0.4, -0.2) is 38.0 Å². The van der Waals surface area contributed by atoms with Gasteiger partial charge in [-0.2, -0.15) is 0 Å². The standard InChI is InChI=1S/C29H30BF9NO4/c1-6-29(41-10-5,40(7-2,8-3)9-4)24-23(15-22(35)27(38)28(24)39)44-30(42-16-11-18(31)25(36)19(32)12-16)43-17-13-20(33)26(37)21(34)14-17/h11-15H,6-10H2,1-5H3/q+1. The molecule has 0 amide bonds. The molecular weight excluding hydrogens is 608 g/mol. The van der Waals surface area contributed by atoms with Gasteiger partial charge in [-0.05, 0) is 27.7 Å². The molecule has 0 bridgehead atoms. The maximum absolute atomic E-state index is 15.9. The van der Waals surface area contributed by atoms with Gasteiger partial charge in [0, 0.05) is 36.8 Å². The number of hydrogen-bond acceptors (Lipinski definition) is 4. The molecule has 0 fully saturated rings. The van der Waals surface area contributed by atoms with Crippen molar-refractivity contribution in [2.45, 2.75) is 46.8 Å². The summed E-state index contributed by atoms with van der Waals surface area (Å²) in [6.07, 6.45) is -0.0101. The highest BCUT2D eigenvalue weighted by Gasteiger charge is 2.54. The Bertz CT molecular complexity index is 1380. The van der Waals surface area contributed by atoms with Gasteiger partial charge in [0.2, 0.25) is 5.72 Å². The van der Waals surface area contributed by atoms with Crippen LogP contribution in [0.15, 0.2) is 30.3 Å². The lowest BCUT2D eigenvalue weighted by Gasteiger charge is -2.51. The number of halogens is 9. The van der Waals surface area contributed by atoms with Gasteiger partial charge >= 0.3 is 7.32 Å². The molecule has 0 spiro atoms. The Morgan fingerprint density at radius 3 is 1.34 bits per heavy atom. The smallest absolute Gasteiger partial charge is 0.489 e. The number of nitrogens with zero attached hydrogens (tertiary/aromatic N) is 1. The molecule has 0 aromatic heterocycles. The average molecular weight is 638 g/mol. The molecule has 0 saturated carbocycles. The Labute approximate surface area is 248 Å². The monoisotopic (exact) mass is 638 g/mol. The van der Waals surface area contributed by atoms with Crippen LogP contribution in [0.3, 0.4) is 0 Å². The molecule has 0 aliphatic rings. The van der Waals surface area contributed by atoms with Crippen molar-refractivity contribution in [2.75, 3.05) is 26.2 Å². The molecule has 0 saturated heterocycles. The second-order valence-corrected chi connectivity index (χ2v) is 9.57. The molecule has 0 aliphatic heterocycles. The van der Waals surface area contributed by atoms with E-state index in [0.29, 0.717) is 50.0 Å². The van der Waals surface area contributed by atoms with Gasteiger partial charge in [0.25, 0.3) is 0 Å². The first-order chi connectivity index (χ1) is 20.7. The largest absolute Gasteiger partial charge is 0.864 e. The van der Waals surface area contributed by atoms with Crippen molar-refractivity contribution in [1.82, 2.24) is 0 Å². The molecular formula is C29H30BF9NO4+. The van der Waals surface area contributed by atoms with E-state index in [1.54, 1.807) is 34.6 Å². The third-order valence-corrected chi connectivity index (χ3v) is 7.56. The molecule has 0 heterocycles. The Kier molecular flexibility index (Phi) is 11.1. The van der Waals surface area contributed by atoms with E-state index in [1.807, 2.05) is 0 Å². The van der Waals surface area contributed by atoms with Gasteiger partial charge < -0.3 is 18.7 Å². The number of ether oxygens (including phenoxy) is 1. The van der Waals surface area contributed by atoms with Crippen LogP contribution in [0.5, 0.6) is 17.2 Å². The van der Waals surface area contributed by atoms with Gasteiger partial charge in [-0.1, -0.05) is 6.92 Å². The van der Waals surface area contributed by atoms with Crippen LogP contribution in [-0.2, 0) is 10.5 Å². The quantitative estimate of drug-likeness (QED) is 0.0591. The first-order valence-electron chi connectivity index (χ1n) is 13.7. The molecule has 15 heteroatoms. The summed E-state index contributed by atoms with van der Waals surface area (Å²) >= 11 is 0. The molecule has 0 aliphatic carbocycles. The lowest BCUT2D eigenvalue weighted by Crippen LogP contribution is -2.64. The number of quaternary nitrogens is 1. The molecule has 44 heavy (non-hydrogen) atoms. The summed E-state index contributed by atoms with van der Waals surface area (Å²) in [5, 5.41) is 0. The van der Waals surface area contributed by atoms with Crippen LogP contribution in [0.25, 0.3) is 0 Å². The summed E-state index contributed by atoms with van der Waals surface area (Å²) in [5.74, 6) is -18.2. The summed E-state index contributed by atoms with van der Waals surface area (Å²) in [7, 11) is -2.39. The topological polar surface area (TPSA) is 36.9 Å². The third kappa shape index (κ3) is 6.44. The molecule has 0 radical (unpaired) electrons. The van der Waals surface area contributed by atoms with Crippen molar-refractivity contribution < 1.29 is 62.7 Å². The zero-order chi connectivity index (χ0) is 33.0. The maximum Gasteiger partial charge on any atom is 0.864 e. The lowest BCUT2D eigenvalue weighted by atomic mass is 9.91. The minimum Gasteiger partial charge on any atom is -0.489 e. The second-order valence-electron chi connectivity index (χ2n) is 9.57. The van der Waals surface area contributed by atoms with Crippen molar-refractivity contribution in [3.05, 3.63) is 88.3 Å². The van der Waals surface area contributed by atoms with E-state index < -0.39 is 88.2 Å². The van der Waals surface area contributed by atoms with Gasteiger partial charge in [-0.15, -0.1) is 0 Å². The average Bonchev–Trinajstić information content (AvgIpc) is 2.98. The summed E-state index contributed by atoms with van der Waals surface area (Å²) < 4.78 is 151. The Morgan fingerprint density at radius 2 is 0.977 bits per heavy atom. The zero-order valence-corrected chi connectivity index (χ0v) is 24.5. The predicted molar refractivity (Wildman–Crippen MR) is 142 cm³/mol. The Balaban J connectivity index is 2.29. The van der Waals surface area contributed by atoms with Crippen LogP contribution in [0.4, 0.5) is 39.5 Å². The highest BCUT2D eigenvalue weighted by atomic mass is 19.2. The summed E-state index contributed by atoms with van der Waals surface area (Å²) in [4.78, 5) is 0. The van der Waals surface area contributed by atoms with E-state index in [1.165, 1.54) is 0 Å². The molecule has 240 valence electrons. The van der Waals surface area contributed by atoms with Crippen LogP contribution >= 0.6 is 0 Å². The number of hydrogen-bond donors (Lipinski definition) is 0. The fraction of sp³-hybridized carbons (Fsp3) is 0.379. The van der Waals surface area contributed by atoms with Crippen molar-refractivity contribution in [2.24, 2.45) is 0 Å². The lowest BCUT2D eigenvalue weighted by molar-refractivity contribution is -1.01. The molecule has 1 unspecified atom stereocenters. The second kappa shape index (κ2) is 14.0. The fourth-order valence-corrected chi connectivity index (χ4v) is 5.37. The Morgan fingerprint density at radius 1 is 0.568 bits per heavy atom. The molecule has 3 rings (SSSR count). The predicted octanol–water partition coefficient (Wildman–Crippen LogP) is 7.94. The maximum atomic E-state index is 15.9. The van der Waals surface area contributed by atoms with Gasteiger partial charge in [-0.25, -0.2) is 39.5 Å². The first-order valence-corrected chi connectivity index (χ1v) is 13.7. The highest BCUT2D eigenvalue weighted by Crippen LogP contribution is 2.46. The normalized spacial score (nSPS) is 13.0.